The molecule has 0 spiro atoms. The molecule has 0 unspecified atom stereocenters. The molecule has 0 bridgehead atoms. The predicted octanol–water partition coefficient (Wildman–Crippen LogP) is 3.98. The summed E-state index contributed by atoms with van der Waals surface area (Å²) in [5.41, 5.74) is 2.27. The fourth-order valence-electron chi connectivity index (χ4n) is 3.21. The molecule has 0 atom stereocenters. The van der Waals surface area contributed by atoms with Crippen molar-refractivity contribution in [2.75, 3.05) is 26.8 Å². The average Bonchev–Trinajstić information content (AvgIpc) is 3.36. The molecule has 0 aliphatic heterocycles. The van der Waals surface area contributed by atoms with Crippen LogP contribution in [0.2, 0.25) is 0 Å². The molecule has 3 aromatic rings. The van der Waals surface area contributed by atoms with Gasteiger partial charge in [-0.3, -0.25) is 4.57 Å². The minimum atomic E-state index is 0. The van der Waals surface area contributed by atoms with Crippen molar-refractivity contribution in [1.29, 1.82) is 0 Å². The van der Waals surface area contributed by atoms with Gasteiger partial charge in [0.15, 0.2) is 17.5 Å². The Kier molecular flexibility index (Phi) is 11.5. The van der Waals surface area contributed by atoms with Crippen molar-refractivity contribution >= 4 is 29.9 Å². The van der Waals surface area contributed by atoms with Crippen molar-refractivity contribution in [3.8, 4) is 17.3 Å². The number of methoxy groups -OCH3 is 1. The number of aromatic nitrogens is 3. The van der Waals surface area contributed by atoms with Crippen LogP contribution in [0.25, 0.3) is 5.82 Å². The summed E-state index contributed by atoms with van der Waals surface area (Å²) in [5.74, 6) is 3.20. The second-order valence-corrected chi connectivity index (χ2v) is 7.14. The minimum Gasteiger partial charge on any atom is -0.493 e. The van der Waals surface area contributed by atoms with Crippen LogP contribution >= 0.6 is 24.0 Å². The number of benzene rings is 1. The first-order chi connectivity index (χ1) is 15.7. The van der Waals surface area contributed by atoms with E-state index in [2.05, 4.69) is 44.7 Å². The first kappa shape index (κ1) is 26.4. The third-order valence-electron chi connectivity index (χ3n) is 4.80. The smallest absolute Gasteiger partial charge is 0.191 e. The number of rotatable bonds is 11. The van der Waals surface area contributed by atoms with E-state index in [1.54, 1.807) is 19.6 Å². The highest BCUT2D eigenvalue weighted by molar-refractivity contribution is 14.0. The molecule has 0 radical (unpaired) electrons. The molecule has 1 aromatic carbocycles. The largest absolute Gasteiger partial charge is 0.493 e. The summed E-state index contributed by atoms with van der Waals surface area (Å²) in [6.45, 7) is 6.83. The highest BCUT2D eigenvalue weighted by Gasteiger charge is 2.06. The van der Waals surface area contributed by atoms with Crippen LogP contribution in [-0.4, -0.2) is 47.3 Å². The molecule has 2 heterocycles. The molecule has 0 saturated heterocycles. The molecule has 2 aromatic heterocycles. The van der Waals surface area contributed by atoms with Gasteiger partial charge in [-0.05, 0) is 56.0 Å². The summed E-state index contributed by atoms with van der Waals surface area (Å²) in [6.07, 6.45) is 9.11. The maximum Gasteiger partial charge on any atom is 0.191 e. The topological polar surface area (TPSA) is 85.6 Å². The molecule has 178 valence electrons. The summed E-state index contributed by atoms with van der Waals surface area (Å²) in [4.78, 5) is 13.2. The number of halogens is 1. The third-order valence-corrected chi connectivity index (χ3v) is 4.80. The normalized spacial score (nSPS) is 10.9. The third kappa shape index (κ3) is 8.23. The zero-order valence-corrected chi connectivity index (χ0v) is 21.8. The Bertz CT molecular complexity index is 977. The van der Waals surface area contributed by atoms with Crippen molar-refractivity contribution in [3.05, 3.63) is 66.4 Å². The molecule has 33 heavy (non-hydrogen) atoms. The quantitative estimate of drug-likeness (QED) is 0.159. The van der Waals surface area contributed by atoms with Crippen LogP contribution in [0.1, 0.15) is 31.4 Å². The Morgan fingerprint density at radius 3 is 2.61 bits per heavy atom. The van der Waals surface area contributed by atoms with Crippen LogP contribution in [0.5, 0.6) is 11.5 Å². The van der Waals surface area contributed by atoms with E-state index in [0.29, 0.717) is 13.2 Å². The highest BCUT2D eigenvalue weighted by Crippen LogP contribution is 2.28. The molecule has 3 rings (SSSR count). The number of imidazole rings is 1. The molecule has 0 fully saturated rings. The summed E-state index contributed by atoms with van der Waals surface area (Å²) < 4.78 is 12.9. The number of aryl methyl sites for hydroxylation is 1. The molecular weight excluding hydrogens is 531 g/mol. The Hall–Kier alpha value is -2.82. The van der Waals surface area contributed by atoms with Gasteiger partial charge in [0, 0.05) is 31.7 Å². The molecule has 0 aliphatic carbocycles. The summed E-state index contributed by atoms with van der Waals surface area (Å²) >= 11 is 0. The monoisotopic (exact) mass is 564 g/mol. The molecule has 0 amide bonds. The Labute approximate surface area is 212 Å². The molecule has 9 heteroatoms. The van der Waals surface area contributed by atoms with Crippen molar-refractivity contribution < 1.29 is 9.47 Å². The van der Waals surface area contributed by atoms with Gasteiger partial charge in [-0.1, -0.05) is 12.1 Å². The number of guanidine groups is 1. The fraction of sp³-hybridized carbons (Fsp3) is 0.375. The first-order valence-electron chi connectivity index (χ1n) is 11.0. The Balaban J connectivity index is 0.00000385. The number of hydrogen-bond acceptors (Lipinski definition) is 5. The molecular formula is C24H33IN6O2. The van der Waals surface area contributed by atoms with E-state index in [4.69, 9.17) is 9.47 Å². The van der Waals surface area contributed by atoms with Gasteiger partial charge in [0.25, 0.3) is 0 Å². The van der Waals surface area contributed by atoms with Gasteiger partial charge in [0.2, 0.25) is 0 Å². The Morgan fingerprint density at radius 1 is 1.09 bits per heavy atom. The number of nitrogens with one attached hydrogen (secondary N) is 2. The van der Waals surface area contributed by atoms with Gasteiger partial charge < -0.3 is 20.1 Å². The SMILES string of the molecule is CCNC(=NCc1ccc(-n2ccnc2)nc1)NCCCc1ccc(OC)c(OCC)c1.I. The summed E-state index contributed by atoms with van der Waals surface area (Å²) in [6, 6.07) is 10.1. The number of hydrogen-bond donors (Lipinski definition) is 2. The number of nitrogens with zero attached hydrogens (tertiary/aromatic N) is 4. The summed E-state index contributed by atoms with van der Waals surface area (Å²) in [7, 11) is 1.66. The lowest BCUT2D eigenvalue weighted by molar-refractivity contribution is 0.310. The Morgan fingerprint density at radius 2 is 1.94 bits per heavy atom. The van der Waals surface area contributed by atoms with Crippen molar-refractivity contribution in [1.82, 2.24) is 25.2 Å². The van der Waals surface area contributed by atoms with Gasteiger partial charge in [-0.15, -0.1) is 24.0 Å². The zero-order valence-electron chi connectivity index (χ0n) is 19.5. The minimum absolute atomic E-state index is 0. The number of pyridine rings is 1. The van der Waals surface area contributed by atoms with Crippen molar-refractivity contribution in [2.24, 2.45) is 4.99 Å². The second-order valence-electron chi connectivity index (χ2n) is 7.14. The molecule has 2 N–H and O–H groups in total. The lowest BCUT2D eigenvalue weighted by Crippen LogP contribution is -2.37. The van der Waals surface area contributed by atoms with Crippen LogP contribution < -0.4 is 20.1 Å². The van der Waals surface area contributed by atoms with Gasteiger partial charge in [0.05, 0.1) is 20.3 Å². The van der Waals surface area contributed by atoms with E-state index in [-0.39, 0.29) is 24.0 Å². The van der Waals surface area contributed by atoms with Crippen LogP contribution in [0.3, 0.4) is 0 Å². The maximum absolute atomic E-state index is 5.67. The number of ether oxygens (including phenoxy) is 2. The van der Waals surface area contributed by atoms with Crippen molar-refractivity contribution in [3.63, 3.8) is 0 Å². The van der Waals surface area contributed by atoms with Gasteiger partial charge in [-0.2, -0.15) is 0 Å². The zero-order chi connectivity index (χ0) is 22.6. The highest BCUT2D eigenvalue weighted by atomic mass is 127. The average molecular weight is 564 g/mol. The van der Waals surface area contributed by atoms with E-state index >= 15 is 0 Å². The van der Waals surface area contributed by atoms with Crippen LogP contribution in [0.15, 0.2) is 60.2 Å². The first-order valence-corrected chi connectivity index (χ1v) is 11.0. The van der Waals surface area contributed by atoms with Crippen LogP contribution in [0.4, 0.5) is 0 Å². The van der Waals surface area contributed by atoms with E-state index in [1.165, 1.54) is 5.56 Å². The lowest BCUT2D eigenvalue weighted by atomic mass is 10.1. The van der Waals surface area contributed by atoms with Gasteiger partial charge in [0.1, 0.15) is 12.1 Å². The maximum atomic E-state index is 5.67. The van der Waals surface area contributed by atoms with Gasteiger partial charge in [-0.25, -0.2) is 15.0 Å². The number of aliphatic imine (C=N–C) groups is 1. The predicted molar refractivity (Wildman–Crippen MR) is 142 cm³/mol. The van der Waals surface area contributed by atoms with Crippen molar-refractivity contribution in [2.45, 2.75) is 33.2 Å². The lowest BCUT2D eigenvalue weighted by Gasteiger charge is -2.13. The standard InChI is InChI=1S/C24H32N6O2.HI/c1-4-26-24(29-17-20-9-11-23(28-16-20)30-14-13-25-18-30)27-12-6-7-19-8-10-21(31-3)22(15-19)32-5-2;/h8-11,13-16,18H,4-7,12,17H2,1-3H3,(H2,26,27,29);1H. The molecule has 0 aliphatic rings. The second kappa shape index (κ2) is 14.4. The summed E-state index contributed by atoms with van der Waals surface area (Å²) in [5, 5.41) is 6.70. The van der Waals surface area contributed by atoms with E-state index in [9.17, 15) is 0 Å². The van der Waals surface area contributed by atoms with E-state index < -0.39 is 0 Å². The van der Waals surface area contributed by atoms with Crippen LogP contribution in [0, 0.1) is 0 Å². The van der Waals surface area contributed by atoms with E-state index in [1.807, 2.05) is 42.1 Å². The van der Waals surface area contributed by atoms with E-state index in [0.717, 1.165) is 54.8 Å². The van der Waals surface area contributed by atoms with Gasteiger partial charge >= 0.3 is 0 Å². The fourth-order valence-corrected chi connectivity index (χ4v) is 3.21. The van der Waals surface area contributed by atoms with Crippen LogP contribution in [-0.2, 0) is 13.0 Å². The molecule has 0 saturated carbocycles. The molecule has 8 nitrogen and oxygen atoms in total.